The van der Waals surface area contributed by atoms with Crippen molar-refractivity contribution in [1.29, 1.82) is 0 Å². The van der Waals surface area contributed by atoms with Crippen LogP contribution in [0.3, 0.4) is 0 Å². The molecule has 0 aliphatic carbocycles. The van der Waals surface area contributed by atoms with E-state index < -0.39 is 6.04 Å². The van der Waals surface area contributed by atoms with Crippen LogP contribution in [0, 0.1) is 0 Å². The van der Waals surface area contributed by atoms with Gasteiger partial charge in [0.15, 0.2) is 0 Å². The van der Waals surface area contributed by atoms with Gasteiger partial charge in [-0.2, -0.15) is 5.10 Å². The molecule has 2 rings (SSSR count). The van der Waals surface area contributed by atoms with Gasteiger partial charge in [0.25, 0.3) is 0 Å². The first-order chi connectivity index (χ1) is 9.08. The molecular formula is C13H18N4OS. The summed E-state index contributed by atoms with van der Waals surface area (Å²) in [5.41, 5.74) is 6.26. The summed E-state index contributed by atoms with van der Waals surface area (Å²) in [7, 11) is 0. The van der Waals surface area contributed by atoms with E-state index in [1.54, 1.807) is 17.5 Å². The molecule has 0 aliphatic heterocycles. The number of nitrogens with two attached hydrogens (primary N) is 1. The highest BCUT2D eigenvalue weighted by molar-refractivity contribution is 7.09. The van der Waals surface area contributed by atoms with Crippen molar-refractivity contribution in [2.45, 2.75) is 32.5 Å². The fourth-order valence-electron chi connectivity index (χ4n) is 1.78. The molecule has 6 heteroatoms. The van der Waals surface area contributed by atoms with E-state index in [9.17, 15) is 4.79 Å². The normalized spacial score (nSPS) is 12.8. The molecule has 0 aliphatic rings. The smallest absolute Gasteiger partial charge is 0.239 e. The predicted molar refractivity (Wildman–Crippen MR) is 75.7 cm³/mol. The maximum Gasteiger partial charge on any atom is 0.239 e. The first kappa shape index (κ1) is 13.8. The van der Waals surface area contributed by atoms with E-state index in [4.69, 9.17) is 5.73 Å². The van der Waals surface area contributed by atoms with Gasteiger partial charge in [0.05, 0.1) is 6.20 Å². The zero-order chi connectivity index (χ0) is 13.8. The van der Waals surface area contributed by atoms with Crippen molar-refractivity contribution in [3.05, 3.63) is 40.3 Å². The third-order valence-electron chi connectivity index (χ3n) is 2.83. The molecule has 19 heavy (non-hydrogen) atoms. The summed E-state index contributed by atoms with van der Waals surface area (Å²) in [6.07, 6.45) is 3.55. The van der Waals surface area contributed by atoms with Crippen LogP contribution in [-0.2, 0) is 11.3 Å². The highest BCUT2D eigenvalue weighted by atomic mass is 32.1. The number of nitrogens with zero attached hydrogens (tertiary/aromatic N) is 2. The standard InChI is InChI=1S/C13H18N4OS/c1-9(2)17-8-10(6-16-17)12(13(14)18)15-7-11-4-3-5-19-11/h3-6,8-9,12,15H,7H2,1-2H3,(H2,14,18). The summed E-state index contributed by atoms with van der Waals surface area (Å²) in [4.78, 5) is 12.7. The SMILES string of the molecule is CC(C)n1cc(C(NCc2cccs2)C(N)=O)cn1. The number of amides is 1. The van der Waals surface area contributed by atoms with E-state index >= 15 is 0 Å². The number of hydrogen-bond acceptors (Lipinski definition) is 4. The number of hydrogen-bond donors (Lipinski definition) is 2. The third kappa shape index (κ3) is 3.42. The highest BCUT2D eigenvalue weighted by Gasteiger charge is 2.19. The average molecular weight is 278 g/mol. The molecule has 0 saturated heterocycles. The summed E-state index contributed by atoms with van der Waals surface area (Å²) in [5, 5.41) is 9.42. The lowest BCUT2D eigenvalue weighted by molar-refractivity contribution is -0.120. The lowest BCUT2D eigenvalue weighted by Crippen LogP contribution is -2.32. The van der Waals surface area contributed by atoms with Gasteiger partial charge >= 0.3 is 0 Å². The molecule has 1 amide bonds. The summed E-state index contributed by atoms with van der Waals surface area (Å²) in [6.45, 7) is 4.70. The summed E-state index contributed by atoms with van der Waals surface area (Å²) >= 11 is 1.65. The van der Waals surface area contributed by atoms with Gasteiger partial charge in [-0.15, -0.1) is 11.3 Å². The van der Waals surface area contributed by atoms with Crippen LogP contribution < -0.4 is 11.1 Å². The Morgan fingerprint density at radius 3 is 2.89 bits per heavy atom. The molecular weight excluding hydrogens is 260 g/mol. The maximum atomic E-state index is 11.6. The van der Waals surface area contributed by atoms with Gasteiger partial charge in [-0.25, -0.2) is 0 Å². The number of aromatic nitrogens is 2. The van der Waals surface area contributed by atoms with Crippen LogP contribution in [0.5, 0.6) is 0 Å². The van der Waals surface area contributed by atoms with Crippen molar-refractivity contribution in [3.8, 4) is 0 Å². The number of carbonyl (C=O) groups is 1. The summed E-state index contributed by atoms with van der Waals surface area (Å²) < 4.78 is 1.82. The van der Waals surface area contributed by atoms with Gasteiger partial charge in [-0.3, -0.25) is 14.8 Å². The molecule has 0 radical (unpaired) electrons. The minimum absolute atomic E-state index is 0.263. The molecule has 0 spiro atoms. The van der Waals surface area contributed by atoms with Gasteiger partial charge < -0.3 is 5.73 Å². The van der Waals surface area contributed by atoms with E-state index in [1.165, 1.54) is 4.88 Å². The molecule has 1 unspecified atom stereocenters. The topological polar surface area (TPSA) is 72.9 Å². The second-order valence-corrected chi connectivity index (χ2v) is 5.68. The molecule has 3 N–H and O–H groups in total. The quantitative estimate of drug-likeness (QED) is 0.847. The number of rotatable bonds is 6. The zero-order valence-electron chi connectivity index (χ0n) is 11.0. The largest absolute Gasteiger partial charge is 0.368 e. The van der Waals surface area contributed by atoms with Crippen LogP contribution in [-0.4, -0.2) is 15.7 Å². The minimum atomic E-state index is -0.505. The molecule has 2 aromatic heterocycles. The van der Waals surface area contributed by atoms with E-state index in [0.29, 0.717) is 6.54 Å². The lowest BCUT2D eigenvalue weighted by atomic mass is 10.1. The Kier molecular flexibility index (Phi) is 4.34. The van der Waals surface area contributed by atoms with Gasteiger partial charge in [0.2, 0.25) is 5.91 Å². The number of thiophene rings is 1. The number of primary amides is 1. The third-order valence-corrected chi connectivity index (χ3v) is 3.71. The molecule has 5 nitrogen and oxygen atoms in total. The first-order valence-corrected chi connectivity index (χ1v) is 7.05. The Labute approximate surface area is 116 Å². The average Bonchev–Trinajstić information content (AvgIpc) is 2.98. The van der Waals surface area contributed by atoms with E-state index in [1.807, 2.05) is 42.2 Å². The van der Waals surface area contributed by atoms with E-state index in [0.717, 1.165) is 5.56 Å². The van der Waals surface area contributed by atoms with Crippen LogP contribution >= 0.6 is 11.3 Å². The fourth-order valence-corrected chi connectivity index (χ4v) is 2.44. The van der Waals surface area contributed by atoms with E-state index in [2.05, 4.69) is 10.4 Å². The molecule has 1 atom stereocenters. The minimum Gasteiger partial charge on any atom is -0.368 e. The number of carbonyl (C=O) groups excluding carboxylic acids is 1. The Bertz CT molecular complexity index is 533. The van der Waals surface area contributed by atoms with Crippen LogP contribution in [0.15, 0.2) is 29.9 Å². The lowest BCUT2D eigenvalue weighted by Gasteiger charge is -2.13. The molecule has 0 fully saturated rings. The monoisotopic (exact) mass is 278 g/mol. The van der Waals surface area contributed by atoms with E-state index in [-0.39, 0.29) is 11.9 Å². The molecule has 2 heterocycles. The van der Waals surface area contributed by atoms with Gasteiger partial charge in [0, 0.05) is 29.2 Å². The van der Waals surface area contributed by atoms with Crippen molar-refractivity contribution < 1.29 is 4.79 Å². The maximum absolute atomic E-state index is 11.6. The Morgan fingerprint density at radius 2 is 2.37 bits per heavy atom. The predicted octanol–water partition coefficient (Wildman–Crippen LogP) is 1.84. The van der Waals surface area contributed by atoms with Crippen LogP contribution in [0.4, 0.5) is 0 Å². The van der Waals surface area contributed by atoms with Crippen molar-refractivity contribution in [2.75, 3.05) is 0 Å². The van der Waals surface area contributed by atoms with Crippen molar-refractivity contribution in [1.82, 2.24) is 15.1 Å². The van der Waals surface area contributed by atoms with Crippen LogP contribution in [0.25, 0.3) is 0 Å². The first-order valence-electron chi connectivity index (χ1n) is 6.17. The second-order valence-electron chi connectivity index (χ2n) is 4.64. The molecule has 2 aromatic rings. The molecule has 102 valence electrons. The highest BCUT2D eigenvalue weighted by Crippen LogP contribution is 2.16. The van der Waals surface area contributed by atoms with Crippen LogP contribution in [0.2, 0.25) is 0 Å². The van der Waals surface area contributed by atoms with Gasteiger partial charge in [-0.1, -0.05) is 6.07 Å². The Morgan fingerprint density at radius 1 is 1.58 bits per heavy atom. The number of nitrogens with one attached hydrogen (secondary N) is 1. The molecule has 0 aromatic carbocycles. The van der Waals surface area contributed by atoms with Crippen LogP contribution in [0.1, 0.15) is 36.4 Å². The van der Waals surface area contributed by atoms with Gasteiger partial charge in [0.1, 0.15) is 6.04 Å². The molecule has 0 bridgehead atoms. The summed E-state index contributed by atoms with van der Waals surface area (Å²) in [6, 6.07) is 3.76. The van der Waals surface area contributed by atoms with Crippen molar-refractivity contribution >= 4 is 17.2 Å². The molecule has 0 saturated carbocycles. The fraction of sp³-hybridized carbons (Fsp3) is 0.385. The second kappa shape index (κ2) is 5.99. The Hall–Kier alpha value is -1.66. The summed E-state index contributed by atoms with van der Waals surface area (Å²) in [5.74, 6) is -0.389. The van der Waals surface area contributed by atoms with Crippen molar-refractivity contribution in [3.63, 3.8) is 0 Å². The van der Waals surface area contributed by atoms with Crippen molar-refractivity contribution in [2.24, 2.45) is 5.73 Å². The Balaban J connectivity index is 2.08. The van der Waals surface area contributed by atoms with Gasteiger partial charge in [-0.05, 0) is 25.3 Å². The zero-order valence-corrected chi connectivity index (χ0v) is 11.9.